The highest BCUT2D eigenvalue weighted by atomic mass is 19.4. The van der Waals surface area contributed by atoms with Crippen molar-refractivity contribution in [3.8, 4) is 0 Å². The maximum absolute atomic E-state index is 14.6. The Morgan fingerprint density at radius 3 is 1.85 bits per heavy atom. The highest BCUT2D eigenvalue weighted by molar-refractivity contribution is 6.07. The summed E-state index contributed by atoms with van der Waals surface area (Å²) in [5, 5.41) is 18.8. The Balaban J connectivity index is 2.36. The molecule has 14 heteroatoms. The Morgan fingerprint density at radius 1 is 0.854 bits per heavy atom. The summed E-state index contributed by atoms with van der Waals surface area (Å²) in [4.78, 5) is 33.6. The van der Waals surface area contributed by atoms with Crippen molar-refractivity contribution in [1.82, 2.24) is 9.97 Å². The van der Waals surface area contributed by atoms with Crippen LogP contribution in [0.2, 0.25) is 0 Å². The molecule has 224 valence electrons. The number of nitrogens with zero attached hydrogens (tertiary/aromatic N) is 2. The SMILES string of the molecule is CC(C)(C)OC(=O)C(Cc1cnc2c(cc(C(O)(O)C(F)(F)F)c3ncccc32)c1C(F)(F)F)C(=O)OC(C)(C)C. The number of carbonyl (C=O) groups excluding carboxylic acids is 2. The molecule has 0 atom stereocenters. The molecule has 1 aromatic carbocycles. The Hall–Kier alpha value is -3.52. The third-order valence-electron chi connectivity index (χ3n) is 5.66. The van der Waals surface area contributed by atoms with Crippen LogP contribution in [0, 0.1) is 5.92 Å². The van der Waals surface area contributed by atoms with E-state index < -0.39 is 86.7 Å². The number of esters is 2. The zero-order valence-electron chi connectivity index (χ0n) is 22.9. The summed E-state index contributed by atoms with van der Waals surface area (Å²) in [5.74, 6) is -8.86. The summed E-state index contributed by atoms with van der Waals surface area (Å²) < 4.78 is 95.2. The van der Waals surface area contributed by atoms with Gasteiger partial charge in [0.05, 0.1) is 16.6 Å². The number of hydrogen-bond acceptors (Lipinski definition) is 8. The van der Waals surface area contributed by atoms with Gasteiger partial charge < -0.3 is 19.7 Å². The monoisotopic (exact) mass is 590 g/mol. The summed E-state index contributed by atoms with van der Waals surface area (Å²) in [6, 6.07) is 2.64. The van der Waals surface area contributed by atoms with Gasteiger partial charge in [-0.1, -0.05) is 0 Å². The second-order valence-electron chi connectivity index (χ2n) is 11.4. The smallest absolute Gasteiger partial charge is 0.447 e. The summed E-state index contributed by atoms with van der Waals surface area (Å²) in [7, 11) is 0. The van der Waals surface area contributed by atoms with Crippen molar-refractivity contribution in [2.45, 2.75) is 77.3 Å². The summed E-state index contributed by atoms with van der Waals surface area (Å²) in [6.45, 7) is 8.88. The van der Waals surface area contributed by atoms with Crippen molar-refractivity contribution in [3.63, 3.8) is 0 Å². The van der Waals surface area contributed by atoms with E-state index in [2.05, 4.69) is 9.97 Å². The minimum absolute atomic E-state index is 0.299. The lowest BCUT2D eigenvalue weighted by Crippen LogP contribution is -2.42. The number of pyridine rings is 2. The van der Waals surface area contributed by atoms with Gasteiger partial charge in [0.1, 0.15) is 11.2 Å². The van der Waals surface area contributed by atoms with Crippen LogP contribution < -0.4 is 0 Å². The third kappa shape index (κ3) is 6.87. The minimum Gasteiger partial charge on any atom is -0.459 e. The van der Waals surface area contributed by atoms with E-state index in [0.29, 0.717) is 6.07 Å². The number of aromatic nitrogens is 2. The van der Waals surface area contributed by atoms with E-state index >= 15 is 0 Å². The fraction of sp³-hybridized carbons (Fsp3) is 0.481. The molecule has 0 spiro atoms. The lowest BCUT2D eigenvalue weighted by atomic mass is 9.90. The molecule has 0 aliphatic carbocycles. The number of ether oxygens (including phenoxy) is 2. The standard InChI is InChI=1S/C27H28F6N2O6/c1-23(2,3)40-21(36)16(22(37)41-24(4,5)6)10-13-12-35-19-14-8-7-9-34-20(14)17(25(38,39)27(31,32)33)11-15(19)18(13)26(28,29)30/h7-9,11-12,16,38-39H,10H2,1-6H3. The first kappa shape index (κ1) is 32.0. The number of hydrogen-bond donors (Lipinski definition) is 2. The van der Waals surface area contributed by atoms with Gasteiger partial charge in [-0.25, -0.2) is 0 Å². The Labute approximate surface area is 230 Å². The van der Waals surface area contributed by atoms with Crippen LogP contribution in [0.4, 0.5) is 26.3 Å². The van der Waals surface area contributed by atoms with Crippen molar-refractivity contribution in [2.24, 2.45) is 5.92 Å². The molecule has 0 radical (unpaired) electrons. The predicted octanol–water partition coefficient (Wildman–Crippen LogP) is 5.34. The molecule has 0 fully saturated rings. The quantitative estimate of drug-likeness (QED) is 0.134. The molecular weight excluding hydrogens is 562 g/mol. The Bertz CT molecular complexity index is 1460. The van der Waals surface area contributed by atoms with Crippen molar-refractivity contribution in [2.75, 3.05) is 0 Å². The number of fused-ring (bicyclic) bond motifs is 3. The van der Waals surface area contributed by atoms with Crippen molar-refractivity contribution in [3.05, 3.63) is 47.3 Å². The lowest BCUT2D eigenvalue weighted by molar-refractivity contribution is -0.357. The maximum Gasteiger partial charge on any atom is 0.447 e. The van der Waals surface area contributed by atoms with Crippen LogP contribution >= 0.6 is 0 Å². The normalized spacial score (nSPS) is 13.6. The van der Waals surface area contributed by atoms with Crippen molar-refractivity contribution in [1.29, 1.82) is 0 Å². The number of rotatable bonds is 5. The molecule has 0 saturated carbocycles. The average Bonchev–Trinajstić information content (AvgIpc) is 2.77. The van der Waals surface area contributed by atoms with Crippen molar-refractivity contribution >= 4 is 33.7 Å². The topological polar surface area (TPSA) is 119 Å². The van der Waals surface area contributed by atoms with Crippen LogP contribution in [0.3, 0.4) is 0 Å². The molecule has 0 aliphatic heterocycles. The molecule has 0 saturated heterocycles. The zero-order valence-corrected chi connectivity index (χ0v) is 22.9. The maximum atomic E-state index is 14.6. The van der Waals surface area contributed by atoms with Crippen molar-refractivity contribution < 1.29 is 55.6 Å². The van der Waals surface area contributed by atoms with Gasteiger partial charge in [0.15, 0.2) is 5.92 Å². The van der Waals surface area contributed by atoms with E-state index in [1.807, 2.05) is 0 Å². The molecule has 0 unspecified atom stereocenters. The van der Waals surface area contributed by atoms with Gasteiger partial charge in [-0.15, -0.1) is 0 Å². The summed E-state index contributed by atoms with van der Waals surface area (Å²) >= 11 is 0. The first-order valence-electron chi connectivity index (χ1n) is 12.2. The zero-order chi connectivity index (χ0) is 31.3. The second kappa shape index (κ2) is 10.4. The third-order valence-corrected chi connectivity index (χ3v) is 5.66. The summed E-state index contributed by atoms with van der Waals surface area (Å²) in [6.07, 6.45) is -10.1. The van der Waals surface area contributed by atoms with E-state index in [-0.39, 0.29) is 5.39 Å². The highest BCUT2D eigenvalue weighted by Crippen LogP contribution is 2.45. The molecule has 0 aliphatic rings. The fourth-order valence-corrected chi connectivity index (χ4v) is 4.08. The Morgan fingerprint density at radius 2 is 1.39 bits per heavy atom. The van der Waals surface area contributed by atoms with Gasteiger partial charge >= 0.3 is 24.3 Å². The van der Waals surface area contributed by atoms with Crippen LogP contribution in [-0.4, -0.2) is 49.5 Å². The number of alkyl halides is 6. The van der Waals surface area contributed by atoms with Gasteiger partial charge in [-0.05, 0) is 71.7 Å². The van der Waals surface area contributed by atoms with Crippen LogP contribution in [0.15, 0.2) is 30.6 Å². The molecule has 3 aromatic rings. The van der Waals surface area contributed by atoms with Gasteiger partial charge in [-0.2, -0.15) is 26.3 Å². The van der Waals surface area contributed by atoms with Gasteiger partial charge in [0.25, 0.3) is 5.79 Å². The average molecular weight is 591 g/mol. The number of aliphatic hydroxyl groups is 2. The number of benzene rings is 1. The lowest BCUT2D eigenvalue weighted by Gasteiger charge is -2.28. The highest BCUT2D eigenvalue weighted by Gasteiger charge is 2.55. The first-order valence-corrected chi connectivity index (χ1v) is 12.2. The molecule has 2 N–H and O–H groups in total. The van der Waals surface area contributed by atoms with Gasteiger partial charge in [0, 0.05) is 28.7 Å². The molecule has 2 aromatic heterocycles. The Kier molecular flexibility index (Phi) is 8.11. The molecule has 3 rings (SSSR count). The van der Waals surface area contributed by atoms with E-state index in [9.17, 15) is 46.1 Å². The molecule has 41 heavy (non-hydrogen) atoms. The van der Waals surface area contributed by atoms with E-state index in [1.54, 1.807) is 0 Å². The first-order chi connectivity index (χ1) is 18.4. The molecule has 2 heterocycles. The van der Waals surface area contributed by atoms with Gasteiger partial charge in [-0.3, -0.25) is 19.6 Å². The van der Waals surface area contributed by atoms with Crippen LogP contribution in [0.1, 0.15) is 58.2 Å². The second-order valence-corrected chi connectivity index (χ2v) is 11.4. The number of halogens is 6. The minimum atomic E-state index is -5.72. The van der Waals surface area contributed by atoms with E-state index in [0.717, 1.165) is 18.5 Å². The van der Waals surface area contributed by atoms with Crippen LogP contribution in [0.5, 0.6) is 0 Å². The fourth-order valence-electron chi connectivity index (χ4n) is 4.08. The predicted molar refractivity (Wildman–Crippen MR) is 133 cm³/mol. The van der Waals surface area contributed by atoms with Gasteiger partial charge in [0.2, 0.25) is 0 Å². The molecule has 0 bridgehead atoms. The summed E-state index contributed by atoms with van der Waals surface area (Å²) in [5.41, 5.74) is -6.99. The van der Waals surface area contributed by atoms with E-state index in [4.69, 9.17) is 9.47 Å². The largest absolute Gasteiger partial charge is 0.459 e. The molecule has 0 amide bonds. The van der Waals surface area contributed by atoms with Crippen LogP contribution in [-0.2, 0) is 37.4 Å². The van der Waals surface area contributed by atoms with Crippen LogP contribution in [0.25, 0.3) is 21.8 Å². The molecular formula is C27H28F6N2O6. The molecule has 8 nitrogen and oxygen atoms in total. The number of carbonyl (C=O) groups is 2. The van der Waals surface area contributed by atoms with E-state index in [1.165, 1.54) is 47.6 Å².